The maximum Gasteiger partial charge on any atom is 0.573 e. The smallest absolute Gasteiger partial charge is 0.406 e. The normalized spacial score (nSPS) is 11.3. The molecule has 0 spiro atoms. The summed E-state index contributed by atoms with van der Waals surface area (Å²) in [7, 11) is 0. The van der Waals surface area contributed by atoms with Crippen molar-refractivity contribution in [2.24, 2.45) is 0 Å². The lowest BCUT2D eigenvalue weighted by Crippen LogP contribution is -2.17. The van der Waals surface area contributed by atoms with Gasteiger partial charge in [0, 0.05) is 0 Å². The molecule has 0 fully saturated rings. The van der Waals surface area contributed by atoms with Crippen LogP contribution in [0.3, 0.4) is 0 Å². The van der Waals surface area contributed by atoms with Crippen LogP contribution in [0.15, 0.2) is 18.2 Å². The minimum Gasteiger partial charge on any atom is -0.406 e. The van der Waals surface area contributed by atoms with E-state index in [1.165, 1.54) is 18.2 Å². The fourth-order valence-corrected chi connectivity index (χ4v) is 0.756. The predicted molar refractivity (Wildman–Crippen MR) is 36.7 cm³/mol. The molecule has 0 amide bonds. The fourth-order valence-electron chi connectivity index (χ4n) is 0.756. The Kier molecular flexibility index (Phi) is 2.26. The van der Waals surface area contributed by atoms with Crippen LogP contribution in [0.2, 0.25) is 0 Å². The zero-order chi connectivity index (χ0) is 9.19. The second kappa shape index (κ2) is 3.05. The third-order valence-electron chi connectivity index (χ3n) is 1.15. The minimum atomic E-state index is -4.62. The number of hydrogen-bond acceptors (Lipinski definition) is 1. The first-order valence-electron chi connectivity index (χ1n) is 3.21. The molecule has 0 aromatic heterocycles. The summed E-state index contributed by atoms with van der Waals surface area (Å²) >= 11 is 0. The number of ether oxygens (including phenoxy) is 1. The van der Waals surface area contributed by atoms with Crippen LogP contribution < -0.4 is 4.74 Å². The van der Waals surface area contributed by atoms with Gasteiger partial charge in [-0.3, -0.25) is 0 Å². The van der Waals surface area contributed by atoms with Gasteiger partial charge < -0.3 is 4.74 Å². The van der Waals surface area contributed by atoms with Crippen molar-refractivity contribution in [2.75, 3.05) is 0 Å². The molecule has 0 N–H and O–H groups in total. The Hall–Kier alpha value is -1.19. The molecular weight excluding hydrogens is 169 g/mol. The van der Waals surface area contributed by atoms with E-state index < -0.39 is 6.36 Å². The highest BCUT2D eigenvalue weighted by atomic mass is 19.4. The third kappa shape index (κ3) is 2.82. The maximum atomic E-state index is 11.6. The highest BCUT2D eigenvalue weighted by Crippen LogP contribution is 2.22. The van der Waals surface area contributed by atoms with E-state index in [2.05, 4.69) is 10.8 Å². The van der Waals surface area contributed by atoms with E-state index in [0.717, 1.165) is 0 Å². The van der Waals surface area contributed by atoms with E-state index in [1.54, 1.807) is 6.92 Å². The van der Waals surface area contributed by atoms with E-state index in [1.807, 2.05) is 0 Å². The standard InChI is InChI=1S/C8H6F3O/c1-6-3-2-4-7(5-6)12-8(9,10)11/h2,4-5H,1H3. The third-order valence-corrected chi connectivity index (χ3v) is 1.15. The van der Waals surface area contributed by atoms with E-state index in [9.17, 15) is 13.2 Å². The molecule has 4 heteroatoms. The Bertz CT molecular complexity index is 267. The molecule has 0 bridgehead atoms. The van der Waals surface area contributed by atoms with Gasteiger partial charge in [0.15, 0.2) is 0 Å². The topological polar surface area (TPSA) is 9.23 Å². The molecule has 0 aliphatic heterocycles. The molecule has 1 rings (SSSR count). The first-order chi connectivity index (χ1) is 5.47. The Balaban J connectivity index is 2.77. The van der Waals surface area contributed by atoms with Crippen LogP contribution in [-0.4, -0.2) is 6.36 Å². The molecule has 65 valence electrons. The van der Waals surface area contributed by atoms with Gasteiger partial charge >= 0.3 is 6.36 Å². The van der Waals surface area contributed by atoms with Crippen LogP contribution in [0.1, 0.15) is 5.56 Å². The van der Waals surface area contributed by atoms with E-state index in [-0.39, 0.29) is 5.75 Å². The number of benzene rings is 1. The summed E-state index contributed by atoms with van der Waals surface area (Å²) in [6.07, 6.45) is -4.62. The summed E-state index contributed by atoms with van der Waals surface area (Å²) in [6, 6.07) is 6.58. The van der Waals surface area contributed by atoms with Gasteiger partial charge in [0.05, 0.1) is 0 Å². The highest BCUT2D eigenvalue weighted by Gasteiger charge is 2.30. The minimum absolute atomic E-state index is 0.209. The van der Waals surface area contributed by atoms with Gasteiger partial charge in [-0.1, -0.05) is 6.07 Å². The van der Waals surface area contributed by atoms with Crippen LogP contribution in [0.5, 0.6) is 5.75 Å². The Morgan fingerprint density at radius 1 is 1.42 bits per heavy atom. The fraction of sp³-hybridized carbons (Fsp3) is 0.250. The molecule has 0 unspecified atom stereocenters. The molecule has 1 nitrogen and oxygen atoms in total. The molecule has 1 radical (unpaired) electrons. The van der Waals surface area contributed by atoms with Crippen LogP contribution in [0.25, 0.3) is 0 Å². The molecular formula is C8H6F3O. The average Bonchev–Trinajstić information content (AvgIpc) is 1.82. The van der Waals surface area contributed by atoms with Crippen LogP contribution >= 0.6 is 0 Å². The molecule has 0 atom stereocenters. The van der Waals surface area contributed by atoms with Crippen molar-refractivity contribution in [3.63, 3.8) is 0 Å². The van der Waals surface area contributed by atoms with E-state index >= 15 is 0 Å². The molecule has 1 aromatic rings. The van der Waals surface area contributed by atoms with E-state index in [4.69, 9.17) is 0 Å². The second-order valence-corrected chi connectivity index (χ2v) is 2.26. The molecule has 0 heterocycles. The van der Waals surface area contributed by atoms with Crippen molar-refractivity contribution in [3.05, 3.63) is 29.8 Å². The monoisotopic (exact) mass is 175 g/mol. The first kappa shape index (κ1) is 8.90. The Labute approximate surface area is 67.8 Å². The van der Waals surface area contributed by atoms with Crippen LogP contribution in [-0.2, 0) is 0 Å². The van der Waals surface area contributed by atoms with Gasteiger partial charge in [0.1, 0.15) is 5.75 Å². The average molecular weight is 175 g/mol. The summed E-state index contributed by atoms with van der Waals surface area (Å²) in [5.41, 5.74) is 0.608. The van der Waals surface area contributed by atoms with Crippen molar-refractivity contribution in [2.45, 2.75) is 13.3 Å². The zero-order valence-electron chi connectivity index (χ0n) is 6.27. The summed E-state index contributed by atoms with van der Waals surface area (Å²) < 4.78 is 38.6. The zero-order valence-corrected chi connectivity index (χ0v) is 6.27. The Morgan fingerprint density at radius 2 is 2.08 bits per heavy atom. The quantitative estimate of drug-likeness (QED) is 0.637. The van der Waals surface area contributed by atoms with Gasteiger partial charge in [-0.05, 0) is 30.7 Å². The van der Waals surface area contributed by atoms with Crippen molar-refractivity contribution in [1.82, 2.24) is 0 Å². The van der Waals surface area contributed by atoms with Crippen LogP contribution in [0, 0.1) is 13.0 Å². The summed E-state index contributed by atoms with van der Waals surface area (Å²) in [4.78, 5) is 0. The lowest BCUT2D eigenvalue weighted by molar-refractivity contribution is -0.274. The van der Waals surface area contributed by atoms with Gasteiger partial charge in [0.2, 0.25) is 0 Å². The molecule has 0 aliphatic rings. The number of aryl methyl sites for hydroxylation is 1. The van der Waals surface area contributed by atoms with E-state index in [0.29, 0.717) is 5.56 Å². The predicted octanol–water partition coefficient (Wildman–Crippen LogP) is 2.69. The number of rotatable bonds is 1. The SMILES string of the molecule is Cc1[c]ccc(OC(F)(F)F)c1. The molecule has 0 saturated carbocycles. The lowest BCUT2D eigenvalue weighted by atomic mass is 10.2. The Morgan fingerprint density at radius 3 is 2.58 bits per heavy atom. The van der Waals surface area contributed by atoms with Crippen molar-refractivity contribution >= 4 is 0 Å². The first-order valence-corrected chi connectivity index (χ1v) is 3.21. The highest BCUT2D eigenvalue weighted by molar-refractivity contribution is 5.26. The second-order valence-electron chi connectivity index (χ2n) is 2.26. The molecule has 12 heavy (non-hydrogen) atoms. The van der Waals surface area contributed by atoms with Gasteiger partial charge in [0.25, 0.3) is 0 Å². The number of hydrogen-bond donors (Lipinski definition) is 0. The molecule has 1 aromatic carbocycles. The molecule has 0 aliphatic carbocycles. The van der Waals surface area contributed by atoms with Crippen molar-refractivity contribution in [3.8, 4) is 5.75 Å². The van der Waals surface area contributed by atoms with Crippen LogP contribution in [0.4, 0.5) is 13.2 Å². The van der Waals surface area contributed by atoms with Crippen molar-refractivity contribution < 1.29 is 17.9 Å². The number of alkyl halides is 3. The lowest BCUT2D eigenvalue weighted by Gasteiger charge is -2.08. The van der Waals surface area contributed by atoms with Gasteiger partial charge in [-0.25, -0.2) is 0 Å². The maximum absolute atomic E-state index is 11.6. The number of halogens is 3. The summed E-state index contributed by atoms with van der Waals surface area (Å²) in [6.45, 7) is 1.64. The van der Waals surface area contributed by atoms with Crippen molar-refractivity contribution in [1.29, 1.82) is 0 Å². The largest absolute Gasteiger partial charge is 0.573 e. The molecule has 0 saturated heterocycles. The summed E-state index contributed by atoms with van der Waals surface area (Å²) in [5.74, 6) is -0.209. The van der Waals surface area contributed by atoms with Gasteiger partial charge in [-0.2, -0.15) is 0 Å². The van der Waals surface area contributed by atoms with Gasteiger partial charge in [-0.15, -0.1) is 13.2 Å². The summed E-state index contributed by atoms with van der Waals surface area (Å²) in [5, 5.41) is 0.